The molecule has 0 amide bonds. The fraction of sp³-hybridized carbons (Fsp3) is 0.538. The molecule has 1 rings (SSSR count). The van der Waals surface area contributed by atoms with Crippen molar-refractivity contribution in [1.82, 2.24) is 0 Å². The lowest BCUT2D eigenvalue weighted by atomic mass is 10.2. The lowest BCUT2D eigenvalue weighted by Gasteiger charge is -1.96. The number of carboxylic acids is 1. The molecule has 3 nitrogen and oxygen atoms in total. The summed E-state index contributed by atoms with van der Waals surface area (Å²) in [5.74, 6) is -1.08. The van der Waals surface area contributed by atoms with Crippen molar-refractivity contribution < 1.29 is 14.5 Å². The molecule has 0 saturated carbocycles. The number of carboxylic acid groups (broad SMARTS) is 1. The highest BCUT2D eigenvalue weighted by Gasteiger charge is 1.97. The maximum absolute atomic E-state index is 8.89. The van der Waals surface area contributed by atoms with Gasteiger partial charge in [0.25, 0.3) is 0 Å². The van der Waals surface area contributed by atoms with Crippen molar-refractivity contribution in [3.05, 3.63) is 30.1 Å². The minimum absolute atomic E-state index is 0.972. The third kappa shape index (κ3) is 7.97. The number of unbranched alkanes of at least 4 members (excludes halogenated alkanes) is 1. The third-order valence-corrected chi connectivity index (χ3v) is 2.14. The maximum atomic E-state index is 8.89. The van der Waals surface area contributed by atoms with Crippen molar-refractivity contribution in [1.29, 1.82) is 0 Å². The predicted octanol–water partition coefficient (Wildman–Crippen LogP) is 1.09. The number of carbonyl (C=O) groups excluding carboxylic acids is 1. The average molecular weight is 223 g/mol. The molecule has 0 atom stereocenters. The summed E-state index contributed by atoms with van der Waals surface area (Å²) in [7, 11) is 0. The second-order valence-electron chi connectivity index (χ2n) is 3.64. The summed E-state index contributed by atoms with van der Waals surface area (Å²) in [6.45, 7) is 6.53. The fourth-order valence-electron chi connectivity index (χ4n) is 1.21. The molecule has 0 aliphatic carbocycles. The summed E-state index contributed by atoms with van der Waals surface area (Å²) in [5.41, 5.74) is 1.42. The molecule has 3 heteroatoms. The van der Waals surface area contributed by atoms with Gasteiger partial charge in [-0.15, -0.1) is 0 Å². The van der Waals surface area contributed by atoms with Crippen LogP contribution in [0.4, 0.5) is 0 Å². The summed E-state index contributed by atoms with van der Waals surface area (Å²) in [5, 5.41) is 8.89. The first kappa shape index (κ1) is 14.6. The van der Waals surface area contributed by atoms with Crippen LogP contribution in [0, 0.1) is 0 Å². The number of aromatic nitrogens is 1. The smallest absolute Gasteiger partial charge is 0.169 e. The van der Waals surface area contributed by atoms with Crippen LogP contribution in [0.1, 0.15) is 39.2 Å². The summed E-state index contributed by atoms with van der Waals surface area (Å²) >= 11 is 0. The van der Waals surface area contributed by atoms with Crippen molar-refractivity contribution in [2.75, 3.05) is 0 Å². The van der Waals surface area contributed by atoms with Crippen molar-refractivity contribution >= 4 is 5.97 Å². The Morgan fingerprint density at radius 3 is 2.19 bits per heavy atom. The van der Waals surface area contributed by atoms with Crippen molar-refractivity contribution in [3.8, 4) is 0 Å². The molecule has 0 spiro atoms. The van der Waals surface area contributed by atoms with E-state index < -0.39 is 5.97 Å². The van der Waals surface area contributed by atoms with E-state index in [1.54, 1.807) is 0 Å². The molecule has 0 saturated heterocycles. The number of rotatable bonds is 4. The molecule has 0 radical (unpaired) electrons. The van der Waals surface area contributed by atoms with Crippen molar-refractivity contribution in [2.45, 2.75) is 46.6 Å². The molecule has 0 aliphatic heterocycles. The Bertz CT molecular complexity index is 289. The van der Waals surface area contributed by atoms with E-state index in [0.717, 1.165) is 19.9 Å². The van der Waals surface area contributed by atoms with E-state index in [1.807, 2.05) is 0 Å². The molecule has 0 aromatic carbocycles. The number of pyridine rings is 1. The first-order chi connectivity index (χ1) is 7.60. The minimum atomic E-state index is -1.08. The van der Waals surface area contributed by atoms with Crippen LogP contribution < -0.4 is 9.67 Å². The monoisotopic (exact) mass is 223 g/mol. The van der Waals surface area contributed by atoms with Crippen molar-refractivity contribution in [3.63, 3.8) is 0 Å². The molecule has 1 aromatic heterocycles. The average Bonchev–Trinajstić information content (AvgIpc) is 2.26. The molecule has 90 valence electrons. The number of aryl methyl sites for hydroxylation is 2. The standard InChI is InChI=1S/C11H18N.C2H4O2/c1-3-5-8-12-9-6-11(4-2)7-10-12;1-2(3)4/h6-7,9-10H,3-5,8H2,1-2H3;1H3,(H,3,4)/q+1;/p-1. The zero-order valence-corrected chi connectivity index (χ0v) is 10.4. The van der Waals surface area contributed by atoms with Gasteiger partial charge in [-0.25, -0.2) is 4.57 Å². The number of hydrogen-bond acceptors (Lipinski definition) is 2. The van der Waals surface area contributed by atoms with E-state index >= 15 is 0 Å². The van der Waals surface area contributed by atoms with Crippen LogP contribution in [0.15, 0.2) is 24.5 Å². The minimum Gasteiger partial charge on any atom is -0.550 e. The van der Waals surface area contributed by atoms with Crippen LogP contribution >= 0.6 is 0 Å². The predicted molar refractivity (Wildman–Crippen MR) is 61.6 cm³/mol. The van der Waals surface area contributed by atoms with E-state index in [9.17, 15) is 0 Å². The molecule has 1 heterocycles. The fourth-order valence-corrected chi connectivity index (χ4v) is 1.21. The lowest BCUT2D eigenvalue weighted by Crippen LogP contribution is -2.32. The highest BCUT2D eigenvalue weighted by atomic mass is 16.4. The Labute approximate surface area is 97.7 Å². The number of hydrogen-bond donors (Lipinski definition) is 0. The summed E-state index contributed by atoms with van der Waals surface area (Å²) < 4.78 is 2.25. The Morgan fingerprint density at radius 1 is 1.31 bits per heavy atom. The van der Waals surface area contributed by atoms with E-state index in [4.69, 9.17) is 9.90 Å². The van der Waals surface area contributed by atoms with E-state index in [-0.39, 0.29) is 0 Å². The maximum Gasteiger partial charge on any atom is 0.169 e. The number of aliphatic carboxylic acids is 1. The molecule has 0 unspecified atom stereocenters. The summed E-state index contributed by atoms with van der Waals surface area (Å²) in [4.78, 5) is 8.89. The molecule has 0 aliphatic rings. The summed E-state index contributed by atoms with van der Waals surface area (Å²) in [6, 6.07) is 4.41. The van der Waals surface area contributed by atoms with Crippen LogP contribution in [-0.4, -0.2) is 5.97 Å². The third-order valence-electron chi connectivity index (χ3n) is 2.14. The van der Waals surface area contributed by atoms with E-state index in [0.29, 0.717) is 0 Å². The SMILES string of the molecule is CC(=O)[O-].CCCC[n+]1ccc(CC)cc1. The van der Waals surface area contributed by atoms with Gasteiger partial charge in [0.1, 0.15) is 6.54 Å². The number of nitrogens with zero attached hydrogens (tertiary/aromatic N) is 1. The Morgan fingerprint density at radius 2 is 1.81 bits per heavy atom. The van der Waals surface area contributed by atoms with Gasteiger partial charge in [-0.3, -0.25) is 0 Å². The Balaban J connectivity index is 0.000000487. The Hall–Kier alpha value is -1.38. The van der Waals surface area contributed by atoms with Gasteiger partial charge < -0.3 is 9.90 Å². The zero-order chi connectivity index (χ0) is 12.4. The highest BCUT2D eigenvalue weighted by Crippen LogP contribution is 1.95. The topological polar surface area (TPSA) is 44.0 Å². The molecular weight excluding hydrogens is 202 g/mol. The quantitative estimate of drug-likeness (QED) is 0.717. The normalized spacial score (nSPS) is 9.19. The van der Waals surface area contributed by atoms with Crippen molar-refractivity contribution in [2.24, 2.45) is 0 Å². The summed E-state index contributed by atoms with van der Waals surface area (Å²) in [6.07, 6.45) is 8.02. The van der Waals surface area contributed by atoms with E-state index in [1.165, 1.54) is 18.4 Å². The molecule has 16 heavy (non-hydrogen) atoms. The molecular formula is C13H21NO2. The van der Waals surface area contributed by atoms with Gasteiger partial charge in [0.05, 0.1) is 0 Å². The molecule has 1 aromatic rings. The van der Waals surface area contributed by atoms with E-state index in [2.05, 4.69) is 42.9 Å². The van der Waals surface area contributed by atoms with Gasteiger partial charge >= 0.3 is 0 Å². The first-order valence-electron chi connectivity index (χ1n) is 5.75. The largest absolute Gasteiger partial charge is 0.550 e. The van der Waals surface area contributed by atoms with Gasteiger partial charge in [-0.2, -0.15) is 0 Å². The number of carbonyl (C=O) groups is 1. The van der Waals surface area contributed by atoms with Crippen LogP contribution in [0.3, 0.4) is 0 Å². The van der Waals surface area contributed by atoms with Crippen LogP contribution in [0.5, 0.6) is 0 Å². The molecule has 0 bridgehead atoms. The Kier molecular flexibility index (Phi) is 8.12. The zero-order valence-electron chi connectivity index (χ0n) is 10.4. The second kappa shape index (κ2) is 8.89. The van der Waals surface area contributed by atoms with Gasteiger partial charge in [-0.1, -0.05) is 20.3 Å². The van der Waals surface area contributed by atoms with Crippen LogP contribution in [-0.2, 0) is 17.8 Å². The first-order valence-corrected chi connectivity index (χ1v) is 5.75. The highest BCUT2D eigenvalue weighted by molar-refractivity contribution is 5.60. The van der Waals surface area contributed by atoms with Gasteiger partial charge in [0, 0.05) is 24.5 Å². The lowest BCUT2D eigenvalue weighted by molar-refractivity contribution is -0.697. The molecule has 0 N–H and O–H groups in total. The van der Waals surface area contributed by atoms with Crippen LogP contribution in [0.2, 0.25) is 0 Å². The molecule has 0 fully saturated rings. The van der Waals surface area contributed by atoms with Gasteiger partial charge in [0.15, 0.2) is 12.4 Å². The second-order valence-corrected chi connectivity index (χ2v) is 3.64. The van der Waals surface area contributed by atoms with Gasteiger partial charge in [-0.05, 0) is 18.9 Å². The van der Waals surface area contributed by atoms with Crippen LogP contribution in [0.25, 0.3) is 0 Å². The van der Waals surface area contributed by atoms with Gasteiger partial charge in [0.2, 0.25) is 0 Å².